The summed E-state index contributed by atoms with van der Waals surface area (Å²) in [5.41, 5.74) is 0. The van der Waals surface area contributed by atoms with Gasteiger partial charge in [0.15, 0.2) is 0 Å². The standard InChI is InChI=1S/C6H7N3O/c7-3-5-1-4-2-6(4)9(5)8-10/h4-6H,1-2H2/t4-,5+,6+/m1/s1. The van der Waals surface area contributed by atoms with E-state index in [1.54, 1.807) is 0 Å². The highest BCUT2D eigenvalue weighted by atomic mass is 16.3. The Hall–Kier alpha value is -1.11. The predicted octanol–water partition coefficient (Wildman–Crippen LogP) is 0.654. The summed E-state index contributed by atoms with van der Waals surface area (Å²) in [5, 5.41) is 12.7. The van der Waals surface area contributed by atoms with Crippen molar-refractivity contribution < 1.29 is 0 Å². The topological polar surface area (TPSA) is 56.5 Å². The number of nitrogens with zero attached hydrogens (tertiary/aromatic N) is 3. The van der Waals surface area contributed by atoms with Crippen LogP contribution in [0.5, 0.6) is 0 Å². The molecule has 10 heavy (non-hydrogen) atoms. The van der Waals surface area contributed by atoms with E-state index in [-0.39, 0.29) is 6.04 Å². The smallest absolute Gasteiger partial charge is 0.137 e. The van der Waals surface area contributed by atoms with Crippen molar-refractivity contribution >= 4 is 0 Å². The molecule has 52 valence electrons. The molecule has 1 aliphatic carbocycles. The second-order valence-electron chi connectivity index (χ2n) is 2.91. The van der Waals surface area contributed by atoms with Gasteiger partial charge in [-0.1, -0.05) is 0 Å². The van der Waals surface area contributed by atoms with Crippen LogP contribution in [-0.2, 0) is 0 Å². The largest absolute Gasteiger partial charge is 0.240 e. The van der Waals surface area contributed by atoms with Gasteiger partial charge in [-0.3, -0.25) is 0 Å². The monoisotopic (exact) mass is 137 g/mol. The average Bonchev–Trinajstić information content (AvgIpc) is 2.63. The van der Waals surface area contributed by atoms with Gasteiger partial charge in [0.25, 0.3) is 0 Å². The molecular weight excluding hydrogens is 130 g/mol. The molecule has 0 aromatic rings. The first-order valence-electron chi connectivity index (χ1n) is 3.38. The van der Waals surface area contributed by atoms with Gasteiger partial charge in [0.2, 0.25) is 0 Å². The summed E-state index contributed by atoms with van der Waals surface area (Å²) in [6.45, 7) is 0. The van der Waals surface area contributed by atoms with E-state index in [0.29, 0.717) is 12.0 Å². The molecular formula is C6H7N3O. The molecule has 1 saturated carbocycles. The van der Waals surface area contributed by atoms with Crippen LogP contribution in [0.25, 0.3) is 0 Å². The van der Waals surface area contributed by atoms with Crippen molar-refractivity contribution in [1.82, 2.24) is 5.01 Å². The first-order chi connectivity index (χ1) is 4.86. The van der Waals surface area contributed by atoms with Crippen LogP contribution in [0.4, 0.5) is 0 Å². The minimum atomic E-state index is -0.235. The fourth-order valence-electron chi connectivity index (χ4n) is 1.66. The van der Waals surface area contributed by atoms with Crippen LogP contribution in [0, 0.1) is 22.2 Å². The maximum Gasteiger partial charge on any atom is 0.137 e. The van der Waals surface area contributed by atoms with E-state index in [2.05, 4.69) is 11.4 Å². The van der Waals surface area contributed by atoms with E-state index < -0.39 is 0 Å². The van der Waals surface area contributed by atoms with Crippen molar-refractivity contribution in [2.24, 2.45) is 11.2 Å². The summed E-state index contributed by atoms with van der Waals surface area (Å²) in [6, 6.07) is 2.13. The Kier molecular flexibility index (Phi) is 0.956. The molecule has 1 aliphatic heterocycles. The van der Waals surface area contributed by atoms with E-state index in [4.69, 9.17) is 5.26 Å². The fourth-order valence-corrected chi connectivity index (χ4v) is 1.66. The normalized spacial score (nSPS) is 42.3. The summed E-state index contributed by atoms with van der Waals surface area (Å²) in [5.74, 6) is 0.586. The van der Waals surface area contributed by atoms with Crippen LogP contribution in [0.15, 0.2) is 5.29 Å². The number of hydrogen-bond donors (Lipinski definition) is 0. The molecule has 3 atom stereocenters. The van der Waals surface area contributed by atoms with Crippen LogP contribution in [-0.4, -0.2) is 17.1 Å². The first-order valence-corrected chi connectivity index (χ1v) is 3.38. The molecule has 4 heteroatoms. The molecule has 4 nitrogen and oxygen atoms in total. The van der Waals surface area contributed by atoms with Gasteiger partial charge in [0.05, 0.1) is 17.4 Å². The van der Waals surface area contributed by atoms with E-state index in [1.807, 2.05) is 0 Å². The van der Waals surface area contributed by atoms with Gasteiger partial charge < -0.3 is 0 Å². The number of fused-ring (bicyclic) bond motifs is 1. The summed E-state index contributed by atoms with van der Waals surface area (Å²) in [7, 11) is 0. The molecule has 1 heterocycles. The van der Waals surface area contributed by atoms with Crippen molar-refractivity contribution in [3.63, 3.8) is 0 Å². The third-order valence-electron chi connectivity index (χ3n) is 2.31. The van der Waals surface area contributed by atoms with Crippen LogP contribution in [0.1, 0.15) is 12.8 Å². The summed E-state index contributed by atoms with van der Waals surface area (Å²) in [4.78, 5) is 10.1. The quantitative estimate of drug-likeness (QED) is 0.498. The van der Waals surface area contributed by atoms with Crippen LogP contribution < -0.4 is 0 Å². The van der Waals surface area contributed by atoms with Crippen LogP contribution in [0.2, 0.25) is 0 Å². The van der Waals surface area contributed by atoms with Gasteiger partial charge in [-0.15, -0.1) is 4.91 Å². The fraction of sp³-hybridized carbons (Fsp3) is 0.833. The highest BCUT2D eigenvalue weighted by Gasteiger charge is 2.53. The number of nitroso groups, excluding NO2 is 1. The third kappa shape index (κ3) is 0.548. The first kappa shape index (κ1) is 5.66. The van der Waals surface area contributed by atoms with Gasteiger partial charge in [-0.25, -0.2) is 5.01 Å². The Balaban J connectivity index is 2.13. The molecule has 0 radical (unpaired) electrons. The maximum atomic E-state index is 10.1. The molecule has 0 aromatic heterocycles. The van der Waals surface area contributed by atoms with Crippen molar-refractivity contribution in [3.05, 3.63) is 4.91 Å². The second kappa shape index (κ2) is 1.69. The van der Waals surface area contributed by atoms with Crippen LogP contribution >= 0.6 is 0 Å². The summed E-state index contributed by atoms with van der Waals surface area (Å²) < 4.78 is 0. The van der Waals surface area contributed by atoms with Crippen molar-refractivity contribution in [3.8, 4) is 6.07 Å². The van der Waals surface area contributed by atoms with E-state index in [0.717, 1.165) is 12.8 Å². The molecule has 0 aromatic carbocycles. The Bertz CT molecular complexity index is 210. The number of rotatable bonds is 1. The molecule has 0 amide bonds. The molecule has 2 aliphatic rings. The number of hydrogen-bond acceptors (Lipinski definition) is 3. The van der Waals surface area contributed by atoms with E-state index in [1.165, 1.54) is 5.01 Å². The number of nitriles is 1. The Morgan fingerprint density at radius 2 is 2.40 bits per heavy atom. The minimum absolute atomic E-state index is 0.235. The molecule has 2 rings (SSSR count). The van der Waals surface area contributed by atoms with Gasteiger partial charge in [0.1, 0.15) is 6.04 Å². The molecule has 0 bridgehead atoms. The Morgan fingerprint density at radius 1 is 1.60 bits per heavy atom. The number of piperidine rings is 1. The highest BCUT2D eigenvalue weighted by Crippen LogP contribution is 2.47. The lowest BCUT2D eigenvalue weighted by atomic mass is 10.2. The Morgan fingerprint density at radius 3 is 2.90 bits per heavy atom. The van der Waals surface area contributed by atoms with Gasteiger partial charge in [-0.2, -0.15) is 5.26 Å². The zero-order chi connectivity index (χ0) is 7.14. The van der Waals surface area contributed by atoms with Gasteiger partial charge in [0, 0.05) is 0 Å². The molecule has 0 unspecified atom stereocenters. The molecule has 0 spiro atoms. The molecule has 1 saturated heterocycles. The minimum Gasteiger partial charge on any atom is -0.240 e. The van der Waals surface area contributed by atoms with Gasteiger partial charge in [-0.05, 0) is 18.8 Å². The molecule has 2 fully saturated rings. The second-order valence-corrected chi connectivity index (χ2v) is 2.91. The van der Waals surface area contributed by atoms with Crippen molar-refractivity contribution in [1.29, 1.82) is 5.26 Å². The van der Waals surface area contributed by atoms with Crippen molar-refractivity contribution in [2.75, 3.05) is 0 Å². The lowest BCUT2D eigenvalue weighted by Crippen LogP contribution is -2.25. The lowest BCUT2D eigenvalue weighted by Gasteiger charge is -2.12. The third-order valence-corrected chi connectivity index (χ3v) is 2.31. The van der Waals surface area contributed by atoms with E-state index in [9.17, 15) is 4.91 Å². The van der Waals surface area contributed by atoms with Crippen molar-refractivity contribution in [2.45, 2.75) is 24.9 Å². The zero-order valence-electron chi connectivity index (χ0n) is 5.40. The van der Waals surface area contributed by atoms with Gasteiger partial charge >= 0.3 is 0 Å². The predicted molar refractivity (Wildman–Crippen MR) is 33.5 cm³/mol. The summed E-state index contributed by atoms with van der Waals surface area (Å²) in [6.07, 6.45) is 1.90. The average molecular weight is 137 g/mol. The lowest BCUT2D eigenvalue weighted by molar-refractivity contribution is 0.266. The maximum absolute atomic E-state index is 10.1. The van der Waals surface area contributed by atoms with E-state index >= 15 is 0 Å². The molecule has 0 N–H and O–H groups in total. The zero-order valence-corrected chi connectivity index (χ0v) is 5.40. The van der Waals surface area contributed by atoms with Crippen LogP contribution in [0.3, 0.4) is 0 Å². The Labute approximate surface area is 58.4 Å². The highest BCUT2D eigenvalue weighted by molar-refractivity contribution is 5.10. The summed E-state index contributed by atoms with van der Waals surface area (Å²) >= 11 is 0. The SMILES string of the molecule is N#C[C@@H]1C[C@@H]2C[C@@H]2N1N=O.